The molecule has 5 N–H and O–H groups in total. The molecule has 2 aliphatic carbocycles. The number of amides is 1. The van der Waals surface area contributed by atoms with E-state index in [0.29, 0.717) is 18.8 Å². The zero-order chi connectivity index (χ0) is 25.2. The van der Waals surface area contributed by atoms with Crippen LogP contribution in [-0.4, -0.2) is 50.7 Å². The minimum atomic E-state index is -1.13. The number of phenols is 1. The minimum Gasteiger partial charge on any atom is -0.508 e. The molecule has 1 saturated carbocycles. The standard InChI is InChI=1S/C29H31N3O4/c1-17-7-8-21(33)12-23(17)28-13-20-16-32(10-9-18-5-3-2-4-6-18)25(20)29(28,36)14-19-11-22(26(30)34)27(35)31-24(19)15-28/h2-8,11-12,20,25,33,36H,9-10,13-16H2,1H3,(H2,30,34)(H,31,35)/t20?,25-,28-,29-/m1/s1. The van der Waals surface area contributed by atoms with Gasteiger partial charge < -0.3 is 20.9 Å². The van der Waals surface area contributed by atoms with Crippen molar-refractivity contribution in [3.05, 3.63) is 98.5 Å². The molecule has 2 heterocycles. The van der Waals surface area contributed by atoms with Gasteiger partial charge in [-0.25, -0.2) is 0 Å². The molecule has 0 radical (unpaired) electrons. The van der Waals surface area contributed by atoms with E-state index in [9.17, 15) is 19.8 Å². The van der Waals surface area contributed by atoms with E-state index >= 15 is 0 Å². The number of hydrogen-bond acceptors (Lipinski definition) is 5. The number of aromatic hydroxyl groups is 1. The number of nitrogens with zero attached hydrogens (tertiary/aromatic N) is 1. The van der Waals surface area contributed by atoms with Gasteiger partial charge in [0.25, 0.3) is 11.5 Å². The summed E-state index contributed by atoms with van der Waals surface area (Å²) >= 11 is 0. The second-order valence-corrected chi connectivity index (χ2v) is 10.9. The van der Waals surface area contributed by atoms with E-state index in [0.717, 1.165) is 48.3 Å². The maximum Gasteiger partial charge on any atom is 0.261 e. The zero-order valence-electron chi connectivity index (χ0n) is 20.3. The Labute approximate surface area is 209 Å². The van der Waals surface area contributed by atoms with Crippen LogP contribution in [0.25, 0.3) is 0 Å². The second kappa shape index (κ2) is 8.05. The number of benzene rings is 2. The van der Waals surface area contributed by atoms with Crippen LogP contribution in [0.3, 0.4) is 0 Å². The average Bonchev–Trinajstić information content (AvgIpc) is 3.02. The maximum absolute atomic E-state index is 12.7. The van der Waals surface area contributed by atoms with Crippen molar-refractivity contribution in [2.45, 2.75) is 49.7 Å². The predicted molar refractivity (Wildman–Crippen MR) is 136 cm³/mol. The van der Waals surface area contributed by atoms with Crippen LogP contribution in [0.4, 0.5) is 0 Å². The summed E-state index contributed by atoms with van der Waals surface area (Å²) in [5.74, 6) is -0.316. The van der Waals surface area contributed by atoms with Gasteiger partial charge in [0.05, 0.1) is 5.60 Å². The number of carbonyl (C=O) groups is 1. The fraction of sp³-hybridized carbons (Fsp3) is 0.379. The number of pyridine rings is 1. The van der Waals surface area contributed by atoms with Crippen LogP contribution in [0.2, 0.25) is 0 Å². The van der Waals surface area contributed by atoms with Crippen molar-refractivity contribution in [3.63, 3.8) is 0 Å². The van der Waals surface area contributed by atoms with Crippen LogP contribution >= 0.6 is 0 Å². The van der Waals surface area contributed by atoms with Crippen LogP contribution in [0, 0.1) is 12.8 Å². The quantitative estimate of drug-likeness (QED) is 0.442. The molecule has 3 aromatic rings. The summed E-state index contributed by atoms with van der Waals surface area (Å²) in [5.41, 5.74) is 7.76. The fourth-order valence-electron chi connectivity index (χ4n) is 7.36. The molecule has 1 amide bonds. The number of nitrogens with two attached hydrogens (primary N) is 1. The zero-order valence-corrected chi connectivity index (χ0v) is 20.3. The second-order valence-electron chi connectivity index (χ2n) is 10.9. The molecule has 2 aromatic carbocycles. The highest BCUT2D eigenvalue weighted by Gasteiger charge is 2.70. The Kier molecular flexibility index (Phi) is 5.14. The van der Waals surface area contributed by atoms with Crippen LogP contribution in [-0.2, 0) is 24.7 Å². The lowest BCUT2D eigenvalue weighted by atomic mass is 9.59. The van der Waals surface area contributed by atoms with Gasteiger partial charge in [0.15, 0.2) is 0 Å². The third kappa shape index (κ3) is 3.26. The number of nitrogens with one attached hydrogen (secondary N) is 1. The number of aliphatic hydroxyl groups is 1. The molecule has 6 rings (SSSR count). The normalized spacial score (nSPS) is 28.6. The van der Waals surface area contributed by atoms with Crippen molar-refractivity contribution in [3.8, 4) is 5.75 Å². The van der Waals surface area contributed by atoms with Gasteiger partial charge in [-0.3, -0.25) is 14.5 Å². The number of likely N-dealkylation sites (tertiary alicyclic amines) is 1. The van der Waals surface area contributed by atoms with Crippen molar-refractivity contribution >= 4 is 5.91 Å². The third-order valence-corrected chi connectivity index (χ3v) is 8.92. The van der Waals surface area contributed by atoms with E-state index in [1.54, 1.807) is 18.2 Å². The lowest BCUT2D eigenvalue weighted by molar-refractivity contribution is -0.116. The van der Waals surface area contributed by atoms with Gasteiger partial charge in [-0.2, -0.15) is 0 Å². The predicted octanol–water partition coefficient (Wildman–Crippen LogP) is 2.20. The highest BCUT2D eigenvalue weighted by atomic mass is 16.3. The van der Waals surface area contributed by atoms with E-state index in [4.69, 9.17) is 5.73 Å². The summed E-state index contributed by atoms with van der Waals surface area (Å²) in [6.07, 6.45) is 2.39. The highest BCUT2D eigenvalue weighted by Crippen LogP contribution is 2.62. The lowest BCUT2D eigenvalue weighted by Gasteiger charge is -2.55. The summed E-state index contributed by atoms with van der Waals surface area (Å²) in [6, 6.07) is 17.2. The molecule has 7 nitrogen and oxygen atoms in total. The van der Waals surface area contributed by atoms with Gasteiger partial charge >= 0.3 is 0 Å². The van der Waals surface area contributed by atoms with Crippen molar-refractivity contribution in [1.29, 1.82) is 0 Å². The molecule has 1 unspecified atom stereocenters. The Hall–Kier alpha value is -3.42. The molecule has 1 aromatic heterocycles. The van der Waals surface area contributed by atoms with Gasteiger partial charge in [0, 0.05) is 43.1 Å². The molecule has 36 heavy (non-hydrogen) atoms. The molecule has 1 saturated heterocycles. The van der Waals surface area contributed by atoms with Crippen LogP contribution < -0.4 is 11.3 Å². The largest absolute Gasteiger partial charge is 0.508 e. The number of aromatic nitrogens is 1. The van der Waals surface area contributed by atoms with Crippen molar-refractivity contribution in [1.82, 2.24) is 9.88 Å². The van der Waals surface area contributed by atoms with Crippen molar-refractivity contribution in [2.24, 2.45) is 11.7 Å². The van der Waals surface area contributed by atoms with Gasteiger partial charge in [0.1, 0.15) is 11.3 Å². The number of aryl methyl sites for hydroxylation is 1. The lowest BCUT2D eigenvalue weighted by Crippen LogP contribution is -2.68. The summed E-state index contributed by atoms with van der Waals surface area (Å²) in [6.45, 7) is 3.75. The number of carbonyl (C=O) groups excluding carboxylic acids is 1. The molecule has 2 fully saturated rings. The molecule has 186 valence electrons. The SMILES string of the molecule is Cc1ccc(O)cc1[C@@]12Cc3[nH]c(=O)c(C(N)=O)cc3C[C@@]1(O)[C@H]1C(CN1CCc1ccccc1)C2. The van der Waals surface area contributed by atoms with E-state index in [1.165, 1.54) is 5.56 Å². The number of H-pyrrole nitrogens is 1. The topological polar surface area (TPSA) is 120 Å². The summed E-state index contributed by atoms with van der Waals surface area (Å²) in [5, 5.41) is 23.1. The molecule has 7 heteroatoms. The molecular formula is C29H31N3O4. The number of rotatable bonds is 5. The van der Waals surface area contributed by atoms with Gasteiger partial charge in [-0.15, -0.1) is 0 Å². The monoisotopic (exact) mass is 485 g/mol. The number of fused-ring (bicyclic) bond motifs is 4. The highest BCUT2D eigenvalue weighted by molar-refractivity contribution is 5.92. The van der Waals surface area contributed by atoms with E-state index < -0.39 is 22.5 Å². The molecule has 0 bridgehead atoms. The van der Waals surface area contributed by atoms with Crippen molar-refractivity contribution in [2.75, 3.05) is 13.1 Å². The van der Waals surface area contributed by atoms with E-state index in [-0.39, 0.29) is 17.4 Å². The Bertz CT molecular complexity index is 1420. The van der Waals surface area contributed by atoms with Crippen LogP contribution in [0.15, 0.2) is 59.4 Å². The van der Waals surface area contributed by atoms with Gasteiger partial charge in [-0.1, -0.05) is 36.4 Å². The number of primary amides is 1. The van der Waals surface area contributed by atoms with Crippen LogP contribution in [0.5, 0.6) is 5.75 Å². The van der Waals surface area contributed by atoms with Crippen molar-refractivity contribution < 1.29 is 15.0 Å². The number of aromatic amines is 1. The first-order valence-corrected chi connectivity index (χ1v) is 12.6. The summed E-state index contributed by atoms with van der Waals surface area (Å²) in [7, 11) is 0. The smallest absolute Gasteiger partial charge is 0.261 e. The maximum atomic E-state index is 12.7. The Morgan fingerprint density at radius 1 is 1.17 bits per heavy atom. The summed E-state index contributed by atoms with van der Waals surface area (Å²) in [4.78, 5) is 29.8. The first-order valence-electron chi connectivity index (χ1n) is 12.6. The van der Waals surface area contributed by atoms with Gasteiger partial charge in [0.2, 0.25) is 0 Å². The molecule has 0 spiro atoms. The Balaban J connectivity index is 1.44. The summed E-state index contributed by atoms with van der Waals surface area (Å²) < 4.78 is 0. The number of phenolic OH excluding ortho intramolecular Hbond substituents is 1. The van der Waals surface area contributed by atoms with Crippen LogP contribution in [0.1, 0.15) is 44.7 Å². The van der Waals surface area contributed by atoms with E-state index in [1.807, 2.05) is 31.2 Å². The first kappa shape index (κ1) is 23.0. The van der Waals surface area contributed by atoms with Gasteiger partial charge in [-0.05, 0) is 66.1 Å². The molecular weight excluding hydrogens is 454 g/mol. The Morgan fingerprint density at radius 2 is 1.94 bits per heavy atom. The third-order valence-electron chi connectivity index (χ3n) is 8.92. The number of hydrogen-bond donors (Lipinski definition) is 4. The first-order chi connectivity index (χ1) is 17.2. The fourth-order valence-corrected chi connectivity index (χ4v) is 7.36. The minimum absolute atomic E-state index is 0.0555. The molecule has 4 atom stereocenters. The molecule has 1 aliphatic heterocycles. The average molecular weight is 486 g/mol. The van der Waals surface area contributed by atoms with E-state index in [2.05, 4.69) is 22.0 Å². The molecule has 3 aliphatic rings. The Morgan fingerprint density at radius 3 is 2.69 bits per heavy atom.